The van der Waals surface area contributed by atoms with Gasteiger partial charge in [-0.3, -0.25) is 4.79 Å². The fourth-order valence-corrected chi connectivity index (χ4v) is 2.66. The van der Waals surface area contributed by atoms with E-state index in [0.717, 1.165) is 19.5 Å². The zero-order chi connectivity index (χ0) is 16.8. The molecule has 7 heteroatoms. The molecule has 0 bridgehead atoms. The quantitative estimate of drug-likeness (QED) is 0.825. The van der Waals surface area contributed by atoms with Crippen molar-refractivity contribution >= 4 is 5.91 Å². The van der Waals surface area contributed by atoms with Crippen LogP contribution in [-0.2, 0) is 16.1 Å². The minimum Gasteiger partial charge on any atom is -0.494 e. The average Bonchev–Trinajstić information content (AvgIpc) is 3.03. The van der Waals surface area contributed by atoms with Crippen LogP contribution in [-0.4, -0.2) is 51.3 Å². The molecule has 1 fully saturated rings. The second-order valence-electron chi connectivity index (χ2n) is 5.55. The van der Waals surface area contributed by atoms with E-state index in [2.05, 4.69) is 10.2 Å². The van der Waals surface area contributed by atoms with Crippen molar-refractivity contribution in [3.8, 4) is 5.75 Å². The molecule has 1 aromatic rings. The van der Waals surface area contributed by atoms with Crippen molar-refractivity contribution in [3.63, 3.8) is 0 Å². The molecule has 1 saturated heterocycles. The summed E-state index contributed by atoms with van der Waals surface area (Å²) in [5.74, 6) is -2.44. The maximum atomic E-state index is 13.8. The Morgan fingerprint density at radius 2 is 2.13 bits per heavy atom. The van der Waals surface area contributed by atoms with Crippen LogP contribution in [0.15, 0.2) is 12.1 Å². The molecule has 1 N–H and O–H groups in total. The number of methoxy groups -OCH3 is 2. The third kappa shape index (κ3) is 4.39. The minimum absolute atomic E-state index is 0.0415. The first-order valence-corrected chi connectivity index (χ1v) is 7.56. The van der Waals surface area contributed by atoms with Crippen LogP contribution in [0.3, 0.4) is 0 Å². The maximum absolute atomic E-state index is 13.8. The van der Waals surface area contributed by atoms with E-state index in [1.165, 1.54) is 19.2 Å². The van der Waals surface area contributed by atoms with Crippen molar-refractivity contribution in [1.29, 1.82) is 0 Å². The highest BCUT2D eigenvalue weighted by atomic mass is 19.2. The second kappa shape index (κ2) is 8.21. The molecule has 1 amide bonds. The first-order chi connectivity index (χ1) is 11.1. The van der Waals surface area contributed by atoms with E-state index in [1.54, 1.807) is 7.11 Å². The van der Waals surface area contributed by atoms with E-state index in [1.807, 2.05) is 0 Å². The number of hydrogen-bond donors (Lipinski definition) is 1. The number of amides is 1. The van der Waals surface area contributed by atoms with Gasteiger partial charge in [-0.15, -0.1) is 0 Å². The molecule has 1 heterocycles. The SMILES string of the molecule is COCCN1CC[C@@H](C(=O)NCc2ccc(OC)c(F)c2F)C1. The zero-order valence-electron chi connectivity index (χ0n) is 13.4. The van der Waals surface area contributed by atoms with Gasteiger partial charge in [0.15, 0.2) is 11.6 Å². The fraction of sp³-hybridized carbons (Fsp3) is 0.562. The van der Waals surface area contributed by atoms with Gasteiger partial charge >= 0.3 is 0 Å². The van der Waals surface area contributed by atoms with Crippen molar-refractivity contribution in [2.75, 3.05) is 40.5 Å². The lowest BCUT2D eigenvalue weighted by Crippen LogP contribution is -2.33. The first-order valence-electron chi connectivity index (χ1n) is 7.56. The van der Waals surface area contributed by atoms with E-state index in [-0.39, 0.29) is 29.7 Å². The Morgan fingerprint density at radius 1 is 1.35 bits per heavy atom. The Hall–Kier alpha value is -1.73. The summed E-state index contributed by atoms with van der Waals surface area (Å²) < 4.78 is 37.2. The first kappa shape index (κ1) is 17.6. The normalized spacial score (nSPS) is 18.2. The van der Waals surface area contributed by atoms with Gasteiger partial charge in [0.25, 0.3) is 0 Å². The molecule has 0 spiro atoms. The molecule has 1 aliphatic rings. The van der Waals surface area contributed by atoms with Gasteiger partial charge in [0.1, 0.15) is 0 Å². The Bertz CT molecular complexity index is 554. The molecule has 0 aliphatic carbocycles. The number of rotatable bonds is 7. The summed E-state index contributed by atoms with van der Waals surface area (Å²) in [6.07, 6.45) is 0.759. The number of likely N-dealkylation sites (tertiary alicyclic amines) is 1. The summed E-state index contributed by atoms with van der Waals surface area (Å²) in [5.41, 5.74) is 0.103. The van der Waals surface area contributed by atoms with Crippen molar-refractivity contribution in [2.45, 2.75) is 13.0 Å². The van der Waals surface area contributed by atoms with Gasteiger partial charge in [-0.2, -0.15) is 4.39 Å². The number of ether oxygens (including phenoxy) is 2. The molecule has 5 nitrogen and oxygen atoms in total. The van der Waals surface area contributed by atoms with Gasteiger partial charge in [-0.05, 0) is 19.0 Å². The summed E-state index contributed by atoms with van der Waals surface area (Å²) in [4.78, 5) is 14.3. The van der Waals surface area contributed by atoms with Crippen LogP contribution in [0.25, 0.3) is 0 Å². The highest BCUT2D eigenvalue weighted by Crippen LogP contribution is 2.22. The Kier molecular flexibility index (Phi) is 6.29. The third-order valence-corrected chi connectivity index (χ3v) is 4.05. The van der Waals surface area contributed by atoms with E-state index in [4.69, 9.17) is 9.47 Å². The minimum atomic E-state index is -1.04. The Labute approximate surface area is 134 Å². The molecule has 0 aromatic heterocycles. The monoisotopic (exact) mass is 328 g/mol. The summed E-state index contributed by atoms with van der Waals surface area (Å²) >= 11 is 0. The largest absolute Gasteiger partial charge is 0.494 e. The maximum Gasteiger partial charge on any atom is 0.224 e. The van der Waals surface area contributed by atoms with Gasteiger partial charge in [0.05, 0.1) is 19.6 Å². The van der Waals surface area contributed by atoms with Crippen LogP contribution in [0.4, 0.5) is 8.78 Å². The summed E-state index contributed by atoms with van der Waals surface area (Å²) in [6, 6.07) is 2.76. The van der Waals surface area contributed by atoms with Gasteiger partial charge in [-0.25, -0.2) is 4.39 Å². The number of halogens is 2. The predicted octanol–water partition coefficient (Wildman–Crippen LogP) is 1.56. The third-order valence-electron chi connectivity index (χ3n) is 4.05. The molecule has 23 heavy (non-hydrogen) atoms. The van der Waals surface area contributed by atoms with Crippen LogP contribution in [0.2, 0.25) is 0 Å². The lowest BCUT2D eigenvalue weighted by Gasteiger charge is -2.15. The van der Waals surface area contributed by atoms with E-state index in [0.29, 0.717) is 13.2 Å². The summed E-state index contributed by atoms with van der Waals surface area (Å²) in [6.45, 7) is 2.88. The second-order valence-corrected chi connectivity index (χ2v) is 5.55. The van der Waals surface area contributed by atoms with E-state index in [9.17, 15) is 13.6 Å². The molecule has 1 aromatic carbocycles. The molecule has 128 valence electrons. The highest BCUT2D eigenvalue weighted by molar-refractivity contribution is 5.79. The number of hydrogen-bond acceptors (Lipinski definition) is 4. The standard InChI is InChI=1S/C16H22F2N2O3/c1-22-8-7-20-6-5-12(10-20)16(21)19-9-11-3-4-13(23-2)15(18)14(11)17/h3-4,12H,5-10H2,1-2H3,(H,19,21)/t12-/m1/s1. The molecule has 0 unspecified atom stereocenters. The lowest BCUT2D eigenvalue weighted by atomic mass is 10.1. The van der Waals surface area contributed by atoms with Crippen LogP contribution < -0.4 is 10.1 Å². The molecule has 1 atom stereocenters. The van der Waals surface area contributed by atoms with Crippen molar-refractivity contribution in [1.82, 2.24) is 10.2 Å². The number of nitrogens with zero attached hydrogens (tertiary/aromatic N) is 1. The van der Waals surface area contributed by atoms with Crippen LogP contribution in [0.5, 0.6) is 5.75 Å². The molecule has 1 aliphatic heterocycles. The van der Waals surface area contributed by atoms with Crippen LogP contribution >= 0.6 is 0 Å². The van der Waals surface area contributed by atoms with Gasteiger partial charge in [0, 0.05) is 32.3 Å². The van der Waals surface area contributed by atoms with E-state index < -0.39 is 11.6 Å². The molecular weight excluding hydrogens is 306 g/mol. The predicted molar refractivity (Wildman–Crippen MR) is 81.2 cm³/mol. The molecule has 2 rings (SSSR count). The molecular formula is C16H22F2N2O3. The zero-order valence-corrected chi connectivity index (χ0v) is 13.4. The fourth-order valence-electron chi connectivity index (χ4n) is 2.66. The number of nitrogens with one attached hydrogen (secondary N) is 1. The lowest BCUT2D eigenvalue weighted by molar-refractivity contribution is -0.124. The van der Waals surface area contributed by atoms with Crippen molar-refractivity contribution < 1.29 is 23.0 Å². The number of carbonyl (C=O) groups is 1. The van der Waals surface area contributed by atoms with Gasteiger partial charge in [0.2, 0.25) is 11.7 Å². The van der Waals surface area contributed by atoms with Crippen molar-refractivity contribution in [3.05, 3.63) is 29.3 Å². The van der Waals surface area contributed by atoms with Crippen LogP contribution in [0, 0.1) is 17.6 Å². The Balaban J connectivity index is 1.87. The molecule has 0 radical (unpaired) electrons. The van der Waals surface area contributed by atoms with Gasteiger partial charge in [-0.1, -0.05) is 6.07 Å². The summed E-state index contributed by atoms with van der Waals surface area (Å²) in [7, 11) is 2.91. The molecule has 0 saturated carbocycles. The van der Waals surface area contributed by atoms with E-state index >= 15 is 0 Å². The topological polar surface area (TPSA) is 50.8 Å². The highest BCUT2D eigenvalue weighted by Gasteiger charge is 2.28. The van der Waals surface area contributed by atoms with Crippen LogP contribution in [0.1, 0.15) is 12.0 Å². The Morgan fingerprint density at radius 3 is 2.83 bits per heavy atom. The smallest absolute Gasteiger partial charge is 0.224 e. The number of benzene rings is 1. The number of carbonyl (C=O) groups excluding carboxylic acids is 1. The summed E-state index contributed by atoms with van der Waals surface area (Å²) in [5, 5.41) is 2.68. The van der Waals surface area contributed by atoms with Crippen molar-refractivity contribution in [2.24, 2.45) is 5.92 Å². The van der Waals surface area contributed by atoms with Gasteiger partial charge < -0.3 is 19.7 Å². The average molecular weight is 328 g/mol.